The summed E-state index contributed by atoms with van der Waals surface area (Å²) in [4.78, 5) is 17.4. The van der Waals surface area contributed by atoms with Gasteiger partial charge < -0.3 is 5.11 Å². The molecule has 1 aliphatic rings. The molecule has 1 aliphatic heterocycles. The van der Waals surface area contributed by atoms with E-state index in [4.69, 9.17) is 4.98 Å². The van der Waals surface area contributed by atoms with Crippen molar-refractivity contribution in [3.8, 4) is 16.3 Å². The SMILES string of the molecule is Cc1nccc(-c2sc(C3CCN(Cc4cc(C)c(O)c(C)c4)CC3)nc2C)n1. The van der Waals surface area contributed by atoms with Crippen LogP contribution in [0.4, 0.5) is 0 Å². The van der Waals surface area contributed by atoms with Crippen LogP contribution in [0.3, 0.4) is 0 Å². The Morgan fingerprint density at radius 1 is 1.07 bits per heavy atom. The van der Waals surface area contributed by atoms with Crippen molar-refractivity contribution in [2.45, 2.75) is 53.0 Å². The van der Waals surface area contributed by atoms with Gasteiger partial charge in [-0.25, -0.2) is 15.0 Å². The first-order valence-electron chi connectivity index (χ1n) is 10.2. The monoisotopic (exact) mass is 408 g/mol. The van der Waals surface area contributed by atoms with E-state index in [1.165, 1.54) is 15.4 Å². The second kappa shape index (κ2) is 8.20. The fourth-order valence-electron chi connectivity index (χ4n) is 4.15. The van der Waals surface area contributed by atoms with E-state index >= 15 is 0 Å². The summed E-state index contributed by atoms with van der Waals surface area (Å²) in [5, 5.41) is 11.2. The van der Waals surface area contributed by atoms with Gasteiger partial charge in [-0.05, 0) is 76.4 Å². The van der Waals surface area contributed by atoms with Crippen molar-refractivity contribution in [3.63, 3.8) is 0 Å². The predicted octanol–water partition coefficient (Wildman–Crippen LogP) is 4.92. The summed E-state index contributed by atoms with van der Waals surface area (Å²) in [6, 6.07) is 6.19. The summed E-state index contributed by atoms with van der Waals surface area (Å²) in [5.74, 6) is 1.74. The number of phenols is 1. The largest absolute Gasteiger partial charge is 0.507 e. The third kappa shape index (κ3) is 4.33. The number of hydrogen-bond acceptors (Lipinski definition) is 6. The fourth-order valence-corrected chi connectivity index (χ4v) is 5.35. The number of phenolic OH excluding ortho intramolecular Hbond substituents is 1. The van der Waals surface area contributed by atoms with E-state index in [0.717, 1.165) is 60.8 Å². The lowest BCUT2D eigenvalue weighted by atomic mass is 9.96. The maximum absolute atomic E-state index is 9.99. The lowest BCUT2D eigenvalue weighted by Crippen LogP contribution is -2.32. The first kappa shape index (κ1) is 20.0. The highest BCUT2D eigenvalue weighted by Crippen LogP contribution is 2.37. The second-order valence-electron chi connectivity index (χ2n) is 8.08. The van der Waals surface area contributed by atoms with Gasteiger partial charge in [0.05, 0.1) is 21.3 Å². The van der Waals surface area contributed by atoms with Gasteiger partial charge in [0.1, 0.15) is 11.6 Å². The Bertz CT molecular complexity index is 998. The zero-order chi connectivity index (χ0) is 20.5. The molecule has 1 N–H and O–H groups in total. The van der Waals surface area contributed by atoms with Gasteiger partial charge in [-0.3, -0.25) is 4.90 Å². The summed E-state index contributed by atoms with van der Waals surface area (Å²) in [7, 11) is 0. The molecule has 0 spiro atoms. The van der Waals surface area contributed by atoms with E-state index in [1.807, 2.05) is 33.0 Å². The maximum atomic E-state index is 9.99. The smallest absolute Gasteiger partial charge is 0.125 e. The van der Waals surface area contributed by atoms with Crippen LogP contribution in [0.1, 0.15) is 52.0 Å². The minimum atomic E-state index is 0.418. The molecule has 5 nitrogen and oxygen atoms in total. The van der Waals surface area contributed by atoms with Crippen molar-refractivity contribution in [2.24, 2.45) is 0 Å². The summed E-state index contributed by atoms with van der Waals surface area (Å²) < 4.78 is 0. The molecule has 0 saturated carbocycles. The van der Waals surface area contributed by atoms with Gasteiger partial charge in [0.25, 0.3) is 0 Å². The van der Waals surface area contributed by atoms with Crippen LogP contribution >= 0.6 is 11.3 Å². The molecule has 4 rings (SSSR count). The van der Waals surface area contributed by atoms with Gasteiger partial charge in [-0.15, -0.1) is 11.3 Å². The number of nitrogens with zero attached hydrogens (tertiary/aromatic N) is 4. The molecule has 1 saturated heterocycles. The van der Waals surface area contributed by atoms with E-state index < -0.39 is 0 Å². The Balaban J connectivity index is 1.42. The van der Waals surface area contributed by atoms with Gasteiger partial charge in [-0.2, -0.15) is 0 Å². The molecule has 0 aliphatic carbocycles. The van der Waals surface area contributed by atoms with Crippen LogP contribution in [0.5, 0.6) is 5.75 Å². The average molecular weight is 409 g/mol. The third-order valence-corrected chi connectivity index (χ3v) is 7.06. The molecular weight excluding hydrogens is 380 g/mol. The first-order chi connectivity index (χ1) is 13.9. The van der Waals surface area contributed by atoms with Crippen molar-refractivity contribution in [1.82, 2.24) is 19.9 Å². The van der Waals surface area contributed by atoms with E-state index in [1.54, 1.807) is 11.3 Å². The van der Waals surface area contributed by atoms with Gasteiger partial charge in [0.2, 0.25) is 0 Å². The molecule has 0 amide bonds. The number of aryl methyl sites for hydroxylation is 4. The molecule has 0 radical (unpaired) electrons. The van der Waals surface area contributed by atoms with E-state index in [2.05, 4.69) is 33.9 Å². The fraction of sp³-hybridized carbons (Fsp3) is 0.435. The Hall–Kier alpha value is -2.31. The van der Waals surface area contributed by atoms with E-state index in [-0.39, 0.29) is 0 Å². The molecule has 0 unspecified atom stereocenters. The average Bonchev–Trinajstić information content (AvgIpc) is 3.08. The molecule has 3 heterocycles. The number of hydrogen-bond donors (Lipinski definition) is 1. The highest BCUT2D eigenvalue weighted by atomic mass is 32.1. The van der Waals surface area contributed by atoms with Crippen LogP contribution < -0.4 is 0 Å². The van der Waals surface area contributed by atoms with E-state index in [0.29, 0.717) is 11.7 Å². The number of rotatable bonds is 4. The van der Waals surface area contributed by atoms with Crippen LogP contribution in [0.2, 0.25) is 0 Å². The zero-order valence-corrected chi connectivity index (χ0v) is 18.4. The van der Waals surface area contributed by atoms with Crippen LogP contribution in [-0.4, -0.2) is 38.0 Å². The standard InChI is InChI=1S/C23H28N4OS/c1-14-11-18(12-15(2)21(14)28)13-27-9-6-19(7-10-27)23-25-16(3)22(29-23)20-5-8-24-17(4)26-20/h5,8,11-12,19,28H,6-7,9-10,13H2,1-4H3. The summed E-state index contributed by atoms with van der Waals surface area (Å²) >= 11 is 1.79. The van der Waals surface area contributed by atoms with Crippen LogP contribution in [-0.2, 0) is 6.54 Å². The van der Waals surface area contributed by atoms with Crippen LogP contribution in [0.15, 0.2) is 24.4 Å². The number of benzene rings is 1. The van der Waals surface area contributed by atoms with Crippen molar-refractivity contribution >= 4 is 11.3 Å². The molecule has 152 valence electrons. The highest BCUT2D eigenvalue weighted by molar-refractivity contribution is 7.15. The Kier molecular flexibility index (Phi) is 5.65. The Labute approximate surface area is 176 Å². The number of aromatic nitrogens is 3. The Morgan fingerprint density at radius 3 is 2.41 bits per heavy atom. The van der Waals surface area contributed by atoms with Crippen molar-refractivity contribution in [3.05, 3.63) is 57.6 Å². The number of likely N-dealkylation sites (tertiary alicyclic amines) is 1. The number of piperidine rings is 1. The molecular formula is C23H28N4OS. The maximum Gasteiger partial charge on any atom is 0.125 e. The molecule has 29 heavy (non-hydrogen) atoms. The summed E-state index contributed by atoms with van der Waals surface area (Å²) in [6.07, 6.45) is 4.08. The Morgan fingerprint density at radius 2 is 1.76 bits per heavy atom. The van der Waals surface area contributed by atoms with Gasteiger partial charge in [0.15, 0.2) is 0 Å². The molecule has 1 aromatic carbocycles. The lowest BCUT2D eigenvalue weighted by Gasteiger charge is -2.31. The van der Waals surface area contributed by atoms with Crippen molar-refractivity contribution in [1.29, 1.82) is 0 Å². The molecule has 6 heteroatoms. The summed E-state index contributed by atoms with van der Waals surface area (Å²) in [5.41, 5.74) is 5.25. The molecule has 1 fully saturated rings. The zero-order valence-electron chi connectivity index (χ0n) is 17.6. The predicted molar refractivity (Wildman–Crippen MR) is 117 cm³/mol. The third-order valence-electron chi connectivity index (χ3n) is 5.72. The van der Waals surface area contributed by atoms with Crippen molar-refractivity contribution in [2.75, 3.05) is 13.1 Å². The molecule has 0 bridgehead atoms. The quantitative estimate of drug-likeness (QED) is 0.664. The van der Waals surface area contributed by atoms with Crippen LogP contribution in [0, 0.1) is 27.7 Å². The number of aromatic hydroxyl groups is 1. The van der Waals surface area contributed by atoms with Gasteiger partial charge in [-0.1, -0.05) is 12.1 Å². The van der Waals surface area contributed by atoms with Gasteiger partial charge in [0, 0.05) is 18.7 Å². The van der Waals surface area contributed by atoms with Crippen LogP contribution in [0.25, 0.3) is 10.6 Å². The van der Waals surface area contributed by atoms with E-state index in [9.17, 15) is 5.11 Å². The minimum absolute atomic E-state index is 0.418. The molecule has 2 aromatic heterocycles. The van der Waals surface area contributed by atoms with Gasteiger partial charge >= 0.3 is 0 Å². The minimum Gasteiger partial charge on any atom is -0.507 e. The first-order valence-corrected chi connectivity index (χ1v) is 11.0. The normalized spacial score (nSPS) is 15.7. The second-order valence-corrected chi connectivity index (χ2v) is 9.12. The van der Waals surface area contributed by atoms with Crippen molar-refractivity contribution < 1.29 is 5.11 Å². The lowest BCUT2D eigenvalue weighted by molar-refractivity contribution is 0.204. The number of thiazole rings is 1. The summed E-state index contributed by atoms with van der Waals surface area (Å²) in [6.45, 7) is 11.0. The molecule has 3 aromatic rings. The topological polar surface area (TPSA) is 62.1 Å². The molecule has 0 atom stereocenters. The highest BCUT2D eigenvalue weighted by Gasteiger charge is 2.25.